The Morgan fingerprint density at radius 3 is 2.89 bits per heavy atom. The second kappa shape index (κ2) is 6.53. The molecule has 3 heterocycles. The minimum absolute atomic E-state index is 0.0361. The third-order valence-corrected chi connectivity index (χ3v) is 4.68. The summed E-state index contributed by atoms with van der Waals surface area (Å²) in [5, 5.41) is 14.3. The maximum atomic E-state index is 13.0. The lowest BCUT2D eigenvalue weighted by Crippen LogP contribution is -2.46. The number of aryl methyl sites for hydroxylation is 1. The van der Waals surface area contributed by atoms with Crippen LogP contribution in [0, 0.1) is 0 Å². The molecule has 2 aliphatic rings. The van der Waals surface area contributed by atoms with Gasteiger partial charge in [0, 0.05) is 13.0 Å². The molecule has 1 fully saturated rings. The van der Waals surface area contributed by atoms with Crippen LogP contribution in [0.15, 0.2) is 18.2 Å². The average molecular weight is 372 g/mol. The van der Waals surface area contributed by atoms with E-state index in [9.17, 15) is 9.59 Å². The van der Waals surface area contributed by atoms with Gasteiger partial charge in [-0.1, -0.05) is 13.0 Å². The minimum atomic E-state index is -1.05. The number of imide groups is 1. The summed E-state index contributed by atoms with van der Waals surface area (Å²) >= 11 is 0. The Morgan fingerprint density at radius 2 is 2.07 bits per heavy atom. The number of aromatic nitrogens is 4. The van der Waals surface area contributed by atoms with Crippen molar-refractivity contribution in [2.75, 3.05) is 6.79 Å². The van der Waals surface area contributed by atoms with Gasteiger partial charge in [-0.25, -0.2) is 9.48 Å². The molecular formula is C17H20N6O4. The van der Waals surface area contributed by atoms with Crippen LogP contribution in [0.25, 0.3) is 0 Å². The van der Waals surface area contributed by atoms with Crippen molar-refractivity contribution in [3.63, 3.8) is 0 Å². The van der Waals surface area contributed by atoms with Crippen LogP contribution in [-0.4, -0.2) is 49.4 Å². The van der Waals surface area contributed by atoms with Crippen LogP contribution in [0.2, 0.25) is 0 Å². The summed E-state index contributed by atoms with van der Waals surface area (Å²) in [4.78, 5) is 26.6. The van der Waals surface area contributed by atoms with Gasteiger partial charge in [0.25, 0.3) is 5.91 Å². The second-order valence-corrected chi connectivity index (χ2v) is 6.84. The Bertz CT molecular complexity index is 897. The number of urea groups is 1. The fraction of sp³-hybridized carbons (Fsp3) is 0.471. The van der Waals surface area contributed by atoms with E-state index in [1.165, 1.54) is 0 Å². The number of carbonyl (C=O) groups is 2. The molecule has 4 rings (SSSR count). The van der Waals surface area contributed by atoms with Crippen LogP contribution in [0.1, 0.15) is 31.7 Å². The molecule has 0 spiro atoms. The van der Waals surface area contributed by atoms with Gasteiger partial charge in [0.05, 0.1) is 6.54 Å². The summed E-state index contributed by atoms with van der Waals surface area (Å²) in [5.74, 6) is 1.49. The predicted molar refractivity (Wildman–Crippen MR) is 91.9 cm³/mol. The molecule has 1 N–H and O–H groups in total. The number of hydrogen-bond donors (Lipinski definition) is 1. The molecule has 142 valence electrons. The third kappa shape index (κ3) is 3.07. The van der Waals surface area contributed by atoms with Gasteiger partial charge in [0.1, 0.15) is 5.54 Å². The molecule has 0 saturated carbocycles. The van der Waals surface area contributed by atoms with E-state index in [1.54, 1.807) is 17.7 Å². The van der Waals surface area contributed by atoms with Crippen LogP contribution in [-0.2, 0) is 24.3 Å². The van der Waals surface area contributed by atoms with Gasteiger partial charge in [0.15, 0.2) is 17.3 Å². The standard InChI is InChI=1S/C17H20N6O4/c1-3-6-23-14(19-20-21-23)9-22-15(24)17(2,18-16(22)25)8-11-4-5-12-13(7-11)27-10-26-12/h4-5,7H,3,6,8-10H2,1-2H3,(H,18,25)/t17-/m0/s1. The number of rotatable bonds is 6. The number of ether oxygens (including phenoxy) is 2. The van der Waals surface area contributed by atoms with E-state index in [-0.39, 0.29) is 19.2 Å². The third-order valence-electron chi connectivity index (χ3n) is 4.68. The first kappa shape index (κ1) is 17.3. The lowest BCUT2D eigenvalue weighted by molar-refractivity contribution is -0.131. The SMILES string of the molecule is CCCn1nnnc1CN1C(=O)N[C@@](C)(Cc2ccc3c(c2)OCO3)C1=O. The van der Waals surface area contributed by atoms with Gasteiger partial charge in [-0.05, 0) is 41.5 Å². The summed E-state index contributed by atoms with van der Waals surface area (Å²) in [5.41, 5.74) is -0.179. The minimum Gasteiger partial charge on any atom is -0.454 e. The predicted octanol–water partition coefficient (Wildman–Crippen LogP) is 0.865. The molecule has 3 amide bonds. The number of carbonyl (C=O) groups excluding carboxylic acids is 2. The number of nitrogens with one attached hydrogen (secondary N) is 1. The van der Waals surface area contributed by atoms with E-state index >= 15 is 0 Å². The van der Waals surface area contributed by atoms with Gasteiger partial charge >= 0.3 is 6.03 Å². The molecular weight excluding hydrogens is 352 g/mol. The highest BCUT2D eigenvalue weighted by atomic mass is 16.7. The van der Waals surface area contributed by atoms with Crippen molar-refractivity contribution in [3.05, 3.63) is 29.6 Å². The fourth-order valence-electron chi connectivity index (χ4n) is 3.33. The molecule has 0 unspecified atom stereocenters. The maximum absolute atomic E-state index is 13.0. The average Bonchev–Trinajstić information content (AvgIpc) is 3.31. The summed E-state index contributed by atoms with van der Waals surface area (Å²) < 4.78 is 12.3. The Kier molecular flexibility index (Phi) is 4.17. The number of benzene rings is 1. The zero-order chi connectivity index (χ0) is 19.0. The normalized spacial score (nSPS) is 21.0. The molecule has 1 aromatic heterocycles. The van der Waals surface area contributed by atoms with Crippen LogP contribution in [0.4, 0.5) is 4.79 Å². The van der Waals surface area contributed by atoms with Gasteiger partial charge < -0.3 is 14.8 Å². The van der Waals surface area contributed by atoms with Crippen molar-refractivity contribution >= 4 is 11.9 Å². The molecule has 10 heteroatoms. The molecule has 27 heavy (non-hydrogen) atoms. The molecule has 0 aliphatic carbocycles. The highest BCUT2D eigenvalue weighted by Crippen LogP contribution is 2.34. The first-order valence-corrected chi connectivity index (χ1v) is 8.78. The van der Waals surface area contributed by atoms with E-state index < -0.39 is 11.6 Å². The molecule has 10 nitrogen and oxygen atoms in total. The molecule has 1 saturated heterocycles. The van der Waals surface area contributed by atoms with Crippen molar-refractivity contribution in [2.24, 2.45) is 0 Å². The van der Waals surface area contributed by atoms with Crippen LogP contribution < -0.4 is 14.8 Å². The zero-order valence-corrected chi connectivity index (χ0v) is 15.1. The van der Waals surface area contributed by atoms with E-state index in [2.05, 4.69) is 20.8 Å². The van der Waals surface area contributed by atoms with E-state index in [0.717, 1.165) is 16.9 Å². The molecule has 1 atom stereocenters. The van der Waals surface area contributed by atoms with E-state index in [1.807, 2.05) is 19.1 Å². The number of fused-ring (bicyclic) bond motifs is 1. The molecule has 0 bridgehead atoms. The van der Waals surface area contributed by atoms with Crippen molar-refractivity contribution in [3.8, 4) is 11.5 Å². The van der Waals surface area contributed by atoms with Crippen LogP contribution in [0.5, 0.6) is 11.5 Å². The van der Waals surface area contributed by atoms with Crippen LogP contribution >= 0.6 is 0 Å². The Morgan fingerprint density at radius 1 is 1.26 bits per heavy atom. The van der Waals surface area contributed by atoms with Crippen molar-refractivity contribution in [1.82, 2.24) is 30.4 Å². The number of hydrogen-bond acceptors (Lipinski definition) is 7. The Balaban J connectivity index is 1.52. The summed E-state index contributed by atoms with van der Waals surface area (Å²) in [6.07, 6.45) is 1.19. The number of tetrazole rings is 1. The first-order chi connectivity index (χ1) is 13.0. The highest BCUT2D eigenvalue weighted by Gasteiger charge is 2.48. The molecule has 2 aliphatic heterocycles. The van der Waals surface area contributed by atoms with Crippen molar-refractivity contribution < 1.29 is 19.1 Å². The lowest BCUT2D eigenvalue weighted by atomic mass is 9.92. The number of nitrogens with zero attached hydrogens (tertiary/aromatic N) is 5. The van der Waals surface area contributed by atoms with Crippen molar-refractivity contribution in [2.45, 2.75) is 45.3 Å². The maximum Gasteiger partial charge on any atom is 0.325 e. The Hall–Kier alpha value is -3.17. The monoisotopic (exact) mass is 372 g/mol. The van der Waals surface area contributed by atoms with Crippen LogP contribution in [0.3, 0.4) is 0 Å². The van der Waals surface area contributed by atoms with Crippen molar-refractivity contribution in [1.29, 1.82) is 0 Å². The molecule has 1 aromatic carbocycles. The lowest BCUT2D eigenvalue weighted by Gasteiger charge is -2.21. The number of amides is 3. The summed E-state index contributed by atoms with van der Waals surface area (Å²) in [7, 11) is 0. The summed E-state index contributed by atoms with van der Waals surface area (Å²) in [6.45, 7) is 4.56. The highest BCUT2D eigenvalue weighted by molar-refractivity contribution is 6.06. The quantitative estimate of drug-likeness (QED) is 0.749. The van der Waals surface area contributed by atoms with Gasteiger partial charge in [0.2, 0.25) is 6.79 Å². The molecule has 0 radical (unpaired) electrons. The molecule has 2 aromatic rings. The smallest absolute Gasteiger partial charge is 0.325 e. The largest absolute Gasteiger partial charge is 0.454 e. The summed E-state index contributed by atoms with van der Waals surface area (Å²) in [6, 6.07) is 5.05. The van der Waals surface area contributed by atoms with Gasteiger partial charge in [-0.3, -0.25) is 9.69 Å². The Labute approximate surface area is 155 Å². The van der Waals surface area contributed by atoms with E-state index in [0.29, 0.717) is 30.3 Å². The fourth-order valence-corrected chi connectivity index (χ4v) is 3.33. The first-order valence-electron chi connectivity index (χ1n) is 8.78. The second-order valence-electron chi connectivity index (χ2n) is 6.84. The van der Waals surface area contributed by atoms with Gasteiger partial charge in [-0.2, -0.15) is 0 Å². The zero-order valence-electron chi connectivity index (χ0n) is 15.1. The van der Waals surface area contributed by atoms with Gasteiger partial charge in [-0.15, -0.1) is 5.10 Å². The van der Waals surface area contributed by atoms with E-state index in [4.69, 9.17) is 9.47 Å². The topological polar surface area (TPSA) is 111 Å².